The van der Waals surface area contributed by atoms with Crippen LogP contribution in [0, 0.1) is 17.8 Å². The molecule has 21 heavy (non-hydrogen) atoms. The SMILES string of the molecule is CCCCN(CC1CC(C(C)C)CCC1NC)C(C)CC. The second-order valence-corrected chi connectivity index (χ2v) is 7.58. The molecule has 126 valence electrons. The van der Waals surface area contributed by atoms with Gasteiger partial charge in [-0.15, -0.1) is 0 Å². The molecule has 0 radical (unpaired) electrons. The van der Waals surface area contributed by atoms with Gasteiger partial charge in [0.1, 0.15) is 0 Å². The van der Waals surface area contributed by atoms with Crippen LogP contribution >= 0.6 is 0 Å². The third kappa shape index (κ3) is 5.90. The molecule has 0 heterocycles. The van der Waals surface area contributed by atoms with Crippen molar-refractivity contribution in [2.45, 2.75) is 85.2 Å². The molecular weight excluding hydrogens is 256 g/mol. The second kappa shape index (κ2) is 9.84. The van der Waals surface area contributed by atoms with Crippen molar-refractivity contribution in [3.8, 4) is 0 Å². The van der Waals surface area contributed by atoms with Gasteiger partial charge in [-0.05, 0) is 70.4 Å². The molecule has 1 rings (SSSR count). The van der Waals surface area contributed by atoms with Crippen molar-refractivity contribution in [3.05, 3.63) is 0 Å². The van der Waals surface area contributed by atoms with Crippen LogP contribution in [0.4, 0.5) is 0 Å². The first-order valence-corrected chi connectivity index (χ1v) is 9.44. The van der Waals surface area contributed by atoms with E-state index in [1.165, 1.54) is 51.6 Å². The highest BCUT2D eigenvalue weighted by Crippen LogP contribution is 2.34. The first-order valence-electron chi connectivity index (χ1n) is 9.44. The minimum absolute atomic E-state index is 0.730. The lowest BCUT2D eigenvalue weighted by atomic mass is 9.73. The molecule has 0 aromatic rings. The monoisotopic (exact) mass is 296 g/mol. The Morgan fingerprint density at radius 1 is 1.14 bits per heavy atom. The van der Waals surface area contributed by atoms with Crippen LogP contribution in [-0.4, -0.2) is 37.1 Å². The Balaban J connectivity index is 2.67. The zero-order chi connectivity index (χ0) is 15.8. The largest absolute Gasteiger partial charge is 0.317 e. The molecular formula is C19H40N2. The van der Waals surface area contributed by atoms with Crippen LogP contribution in [0.15, 0.2) is 0 Å². The standard InChI is InChI=1S/C19H40N2/c1-7-9-12-21(16(5)8-2)14-18-13-17(15(3)4)10-11-19(18)20-6/h15-20H,7-14H2,1-6H3. The molecule has 0 aromatic carbocycles. The summed E-state index contributed by atoms with van der Waals surface area (Å²) in [6, 6.07) is 1.46. The van der Waals surface area contributed by atoms with Gasteiger partial charge in [0.25, 0.3) is 0 Å². The lowest BCUT2D eigenvalue weighted by Gasteiger charge is -2.41. The summed E-state index contributed by atoms with van der Waals surface area (Å²) in [6.07, 6.45) is 8.12. The van der Waals surface area contributed by atoms with Gasteiger partial charge >= 0.3 is 0 Å². The van der Waals surface area contributed by atoms with Gasteiger partial charge in [0.15, 0.2) is 0 Å². The summed E-state index contributed by atoms with van der Waals surface area (Å²) in [4.78, 5) is 2.77. The molecule has 1 aliphatic rings. The Labute approximate surface area is 134 Å². The number of rotatable bonds is 9. The first-order chi connectivity index (χ1) is 10.0. The van der Waals surface area contributed by atoms with Crippen molar-refractivity contribution in [3.63, 3.8) is 0 Å². The molecule has 2 nitrogen and oxygen atoms in total. The Morgan fingerprint density at radius 3 is 2.38 bits per heavy atom. The zero-order valence-electron chi connectivity index (χ0n) is 15.5. The van der Waals surface area contributed by atoms with Gasteiger partial charge in [0, 0.05) is 18.6 Å². The summed E-state index contributed by atoms with van der Waals surface area (Å²) in [5.74, 6) is 2.62. The maximum atomic E-state index is 3.61. The van der Waals surface area contributed by atoms with E-state index in [4.69, 9.17) is 0 Å². The van der Waals surface area contributed by atoms with Crippen molar-refractivity contribution in [1.29, 1.82) is 0 Å². The Bertz CT molecular complexity index is 264. The Kier molecular flexibility index (Phi) is 8.89. The van der Waals surface area contributed by atoms with Gasteiger partial charge < -0.3 is 10.2 Å². The predicted molar refractivity (Wildman–Crippen MR) is 94.8 cm³/mol. The molecule has 1 saturated carbocycles. The van der Waals surface area contributed by atoms with Crippen molar-refractivity contribution >= 4 is 0 Å². The average Bonchev–Trinajstić information content (AvgIpc) is 2.50. The van der Waals surface area contributed by atoms with E-state index in [2.05, 4.69) is 51.9 Å². The molecule has 0 spiro atoms. The number of hydrogen-bond donors (Lipinski definition) is 1. The number of hydrogen-bond acceptors (Lipinski definition) is 2. The van der Waals surface area contributed by atoms with Crippen molar-refractivity contribution < 1.29 is 0 Å². The van der Waals surface area contributed by atoms with E-state index in [-0.39, 0.29) is 0 Å². The van der Waals surface area contributed by atoms with Crippen LogP contribution in [0.1, 0.15) is 73.1 Å². The molecule has 4 atom stereocenters. The quantitative estimate of drug-likeness (QED) is 0.671. The summed E-state index contributed by atoms with van der Waals surface area (Å²) in [7, 11) is 2.16. The lowest BCUT2D eigenvalue weighted by molar-refractivity contribution is 0.102. The fourth-order valence-electron chi connectivity index (χ4n) is 3.90. The fraction of sp³-hybridized carbons (Fsp3) is 1.00. The normalized spacial score (nSPS) is 28.3. The maximum absolute atomic E-state index is 3.61. The first kappa shape index (κ1) is 19.0. The summed E-state index contributed by atoms with van der Waals surface area (Å²) in [5.41, 5.74) is 0. The minimum Gasteiger partial charge on any atom is -0.317 e. The van der Waals surface area contributed by atoms with Crippen LogP contribution in [0.3, 0.4) is 0 Å². The highest BCUT2D eigenvalue weighted by molar-refractivity contribution is 4.87. The molecule has 0 aromatic heterocycles. The van der Waals surface area contributed by atoms with Gasteiger partial charge in [0.2, 0.25) is 0 Å². The van der Waals surface area contributed by atoms with Crippen molar-refractivity contribution in [1.82, 2.24) is 10.2 Å². The smallest absolute Gasteiger partial charge is 0.0105 e. The molecule has 0 bridgehead atoms. The minimum atomic E-state index is 0.730. The van der Waals surface area contributed by atoms with Gasteiger partial charge in [-0.1, -0.05) is 34.1 Å². The van der Waals surface area contributed by atoms with E-state index in [0.29, 0.717) is 0 Å². The number of nitrogens with zero attached hydrogens (tertiary/aromatic N) is 1. The molecule has 4 unspecified atom stereocenters. The number of nitrogens with one attached hydrogen (secondary N) is 1. The van der Waals surface area contributed by atoms with E-state index < -0.39 is 0 Å². The molecule has 1 aliphatic carbocycles. The Morgan fingerprint density at radius 2 is 1.86 bits per heavy atom. The third-order valence-electron chi connectivity index (χ3n) is 5.82. The van der Waals surface area contributed by atoms with Crippen LogP contribution in [-0.2, 0) is 0 Å². The van der Waals surface area contributed by atoms with Gasteiger partial charge in [-0.3, -0.25) is 0 Å². The topological polar surface area (TPSA) is 15.3 Å². The highest BCUT2D eigenvalue weighted by Gasteiger charge is 2.32. The molecule has 0 aliphatic heterocycles. The average molecular weight is 297 g/mol. The molecule has 1 fully saturated rings. The van der Waals surface area contributed by atoms with Crippen molar-refractivity contribution in [2.75, 3.05) is 20.1 Å². The van der Waals surface area contributed by atoms with Gasteiger partial charge in [-0.2, -0.15) is 0 Å². The summed E-state index contributed by atoms with van der Waals surface area (Å²) in [6.45, 7) is 14.4. The third-order valence-corrected chi connectivity index (χ3v) is 5.82. The van der Waals surface area contributed by atoms with Gasteiger partial charge in [0.05, 0.1) is 0 Å². The highest BCUT2D eigenvalue weighted by atomic mass is 15.2. The lowest BCUT2D eigenvalue weighted by Crippen LogP contribution is -2.47. The summed E-state index contributed by atoms with van der Waals surface area (Å²) < 4.78 is 0. The van der Waals surface area contributed by atoms with Crippen LogP contribution in [0.2, 0.25) is 0 Å². The van der Waals surface area contributed by atoms with E-state index in [1.54, 1.807) is 0 Å². The van der Waals surface area contributed by atoms with Crippen LogP contribution < -0.4 is 5.32 Å². The van der Waals surface area contributed by atoms with E-state index >= 15 is 0 Å². The van der Waals surface area contributed by atoms with E-state index in [0.717, 1.165) is 29.8 Å². The summed E-state index contributed by atoms with van der Waals surface area (Å²) >= 11 is 0. The number of unbranched alkanes of at least 4 members (excludes halogenated alkanes) is 1. The van der Waals surface area contributed by atoms with Crippen molar-refractivity contribution in [2.24, 2.45) is 17.8 Å². The van der Waals surface area contributed by atoms with Crippen LogP contribution in [0.5, 0.6) is 0 Å². The van der Waals surface area contributed by atoms with Gasteiger partial charge in [-0.25, -0.2) is 0 Å². The molecule has 2 heteroatoms. The fourth-order valence-corrected chi connectivity index (χ4v) is 3.90. The molecule has 0 saturated heterocycles. The predicted octanol–water partition coefficient (Wildman–Crippen LogP) is 4.55. The molecule has 1 N–H and O–H groups in total. The molecule has 0 amide bonds. The maximum Gasteiger partial charge on any atom is 0.0105 e. The Hall–Kier alpha value is -0.0800. The van der Waals surface area contributed by atoms with Crippen LogP contribution in [0.25, 0.3) is 0 Å². The second-order valence-electron chi connectivity index (χ2n) is 7.58. The van der Waals surface area contributed by atoms with E-state index in [1.807, 2.05) is 0 Å². The summed E-state index contributed by atoms with van der Waals surface area (Å²) in [5, 5.41) is 3.61. The zero-order valence-corrected chi connectivity index (χ0v) is 15.5. The van der Waals surface area contributed by atoms with E-state index in [9.17, 15) is 0 Å².